The van der Waals surface area contributed by atoms with Gasteiger partial charge < -0.3 is 9.88 Å². The topological polar surface area (TPSA) is 46.9 Å². The van der Waals surface area contributed by atoms with Gasteiger partial charge in [0.15, 0.2) is 0 Å². The molecule has 1 N–H and O–H groups in total. The van der Waals surface area contributed by atoms with E-state index in [2.05, 4.69) is 10.3 Å². The van der Waals surface area contributed by atoms with E-state index in [0.717, 1.165) is 16.9 Å². The Hall–Kier alpha value is -1.55. The molecule has 0 spiro atoms. The van der Waals surface area contributed by atoms with Crippen molar-refractivity contribution in [3.63, 3.8) is 0 Å². The Morgan fingerprint density at radius 1 is 1.47 bits per heavy atom. The highest BCUT2D eigenvalue weighted by Crippen LogP contribution is 2.24. The van der Waals surface area contributed by atoms with Crippen LogP contribution in [0.4, 0.5) is 0 Å². The largest absolute Gasteiger partial charge is 0.356 e. The molecule has 0 radical (unpaired) electrons. The summed E-state index contributed by atoms with van der Waals surface area (Å²) in [6.45, 7) is 5.06. The highest BCUT2D eigenvalue weighted by atomic mass is 35.5. The van der Waals surface area contributed by atoms with Crippen LogP contribution in [0.2, 0.25) is 0 Å². The summed E-state index contributed by atoms with van der Waals surface area (Å²) in [7, 11) is 0. The number of aromatic nitrogens is 2. The van der Waals surface area contributed by atoms with Crippen LogP contribution in [-0.2, 0) is 11.3 Å². The molecular formula is C14H18ClN3O. The Bertz CT molecular complexity index is 577. The molecule has 1 amide bonds. The van der Waals surface area contributed by atoms with Gasteiger partial charge in [0.25, 0.3) is 0 Å². The first-order chi connectivity index (χ1) is 9.13. The number of imidazole rings is 1. The number of halogens is 1. The van der Waals surface area contributed by atoms with Gasteiger partial charge in [-0.2, -0.15) is 0 Å². The van der Waals surface area contributed by atoms with E-state index in [1.165, 1.54) is 0 Å². The second-order valence-electron chi connectivity index (χ2n) is 4.43. The first-order valence-electron chi connectivity index (χ1n) is 6.49. The second-order valence-corrected chi connectivity index (χ2v) is 5.08. The Labute approximate surface area is 117 Å². The summed E-state index contributed by atoms with van der Waals surface area (Å²) in [5, 5.41) is 2.62. The van der Waals surface area contributed by atoms with Crippen LogP contribution < -0.4 is 5.32 Å². The van der Waals surface area contributed by atoms with Crippen molar-refractivity contribution in [2.45, 2.75) is 32.2 Å². The summed E-state index contributed by atoms with van der Waals surface area (Å²) >= 11 is 6.17. The fourth-order valence-corrected chi connectivity index (χ4v) is 2.30. The summed E-state index contributed by atoms with van der Waals surface area (Å²) in [5.41, 5.74) is 1.94. The fourth-order valence-electron chi connectivity index (χ4n) is 2.13. The van der Waals surface area contributed by atoms with E-state index in [4.69, 9.17) is 11.6 Å². The minimum atomic E-state index is -0.179. The molecule has 1 unspecified atom stereocenters. The van der Waals surface area contributed by atoms with Gasteiger partial charge in [-0.3, -0.25) is 4.79 Å². The molecule has 0 bridgehead atoms. The summed E-state index contributed by atoms with van der Waals surface area (Å²) in [6, 6.07) is 7.88. The molecule has 5 heteroatoms. The maximum atomic E-state index is 11.6. The van der Waals surface area contributed by atoms with Gasteiger partial charge in [-0.05, 0) is 26.0 Å². The number of rotatable bonds is 5. The molecule has 1 aromatic heterocycles. The number of hydrogen-bond donors (Lipinski definition) is 1. The van der Waals surface area contributed by atoms with E-state index in [-0.39, 0.29) is 11.3 Å². The molecule has 0 aliphatic carbocycles. The number of carbonyl (C=O) groups excluding carboxylic acids is 1. The van der Waals surface area contributed by atoms with E-state index >= 15 is 0 Å². The van der Waals surface area contributed by atoms with Crippen molar-refractivity contribution in [3.05, 3.63) is 30.1 Å². The minimum absolute atomic E-state index is 0.0495. The third-order valence-corrected chi connectivity index (χ3v) is 3.17. The summed E-state index contributed by atoms with van der Waals surface area (Å²) in [5.74, 6) is 0.862. The molecule has 1 heterocycles. The average Bonchev–Trinajstić information content (AvgIpc) is 2.75. The number of aryl methyl sites for hydroxylation is 1. The van der Waals surface area contributed by atoms with Gasteiger partial charge in [-0.25, -0.2) is 4.98 Å². The zero-order chi connectivity index (χ0) is 13.8. The standard InChI is InChI=1S/C14H18ClN3O/c1-3-16-13(19)8-9-18-12-7-5-4-6-11(12)17-14(18)10(2)15/h4-7,10H,3,8-9H2,1-2H3,(H,16,19). The highest BCUT2D eigenvalue weighted by molar-refractivity contribution is 6.20. The molecule has 19 heavy (non-hydrogen) atoms. The molecule has 2 rings (SSSR count). The van der Waals surface area contributed by atoms with E-state index in [9.17, 15) is 4.79 Å². The van der Waals surface area contributed by atoms with Crippen molar-refractivity contribution in [1.29, 1.82) is 0 Å². The first kappa shape index (κ1) is 13.9. The molecular weight excluding hydrogens is 262 g/mol. The van der Waals surface area contributed by atoms with Crippen molar-refractivity contribution < 1.29 is 4.79 Å². The van der Waals surface area contributed by atoms with E-state index in [0.29, 0.717) is 19.5 Å². The summed E-state index contributed by atoms with van der Waals surface area (Å²) in [6.07, 6.45) is 0.435. The van der Waals surface area contributed by atoms with Crippen LogP contribution in [0.5, 0.6) is 0 Å². The normalized spacial score (nSPS) is 12.6. The van der Waals surface area contributed by atoms with Crippen molar-refractivity contribution >= 4 is 28.5 Å². The van der Waals surface area contributed by atoms with Crippen molar-refractivity contribution in [3.8, 4) is 0 Å². The monoisotopic (exact) mass is 279 g/mol. The van der Waals surface area contributed by atoms with Crippen LogP contribution in [0.25, 0.3) is 11.0 Å². The van der Waals surface area contributed by atoms with Crippen LogP contribution in [0, 0.1) is 0 Å². The number of benzene rings is 1. The number of nitrogens with one attached hydrogen (secondary N) is 1. The molecule has 102 valence electrons. The van der Waals surface area contributed by atoms with Crippen LogP contribution in [0.15, 0.2) is 24.3 Å². The lowest BCUT2D eigenvalue weighted by atomic mass is 10.3. The van der Waals surface area contributed by atoms with Gasteiger partial charge in [0.2, 0.25) is 5.91 Å². The van der Waals surface area contributed by atoms with Gasteiger partial charge in [-0.1, -0.05) is 12.1 Å². The minimum Gasteiger partial charge on any atom is -0.356 e. The van der Waals surface area contributed by atoms with Gasteiger partial charge >= 0.3 is 0 Å². The Balaban J connectivity index is 2.29. The number of fused-ring (bicyclic) bond motifs is 1. The van der Waals surface area contributed by atoms with E-state index in [1.807, 2.05) is 42.7 Å². The lowest BCUT2D eigenvalue weighted by Gasteiger charge is -2.10. The zero-order valence-corrected chi connectivity index (χ0v) is 11.9. The maximum Gasteiger partial charge on any atom is 0.221 e. The quantitative estimate of drug-likeness (QED) is 0.856. The average molecular weight is 280 g/mol. The van der Waals surface area contributed by atoms with Crippen LogP contribution >= 0.6 is 11.6 Å². The highest BCUT2D eigenvalue weighted by Gasteiger charge is 2.15. The Morgan fingerprint density at radius 2 is 2.21 bits per heavy atom. The molecule has 0 fully saturated rings. The van der Waals surface area contributed by atoms with Gasteiger partial charge in [0, 0.05) is 19.5 Å². The number of carbonyl (C=O) groups is 1. The van der Waals surface area contributed by atoms with Crippen LogP contribution in [0.3, 0.4) is 0 Å². The molecule has 2 aromatic rings. The van der Waals surface area contributed by atoms with Gasteiger partial charge in [0.1, 0.15) is 5.82 Å². The molecule has 0 saturated heterocycles. The lowest BCUT2D eigenvalue weighted by Crippen LogP contribution is -2.24. The van der Waals surface area contributed by atoms with Gasteiger partial charge in [0.05, 0.1) is 16.4 Å². The predicted octanol–water partition coefficient (Wildman–Crippen LogP) is 2.86. The number of alkyl halides is 1. The predicted molar refractivity (Wildman–Crippen MR) is 77.3 cm³/mol. The first-order valence-corrected chi connectivity index (χ1v) is 6.93. The third-order valence-electron chi connectivity index (χ3n) is 2.98. The van der Waals surface area contributed by atoms with Crippen LogP contribution in [0.1, 0.15) is 31.5 Å². The summed E-state index contributed by atoms with van der Waals surface area (Å²) in [4.78, 5) is 16.1. The maximum absolute atomic E-state index is 11.6. The molecule has 4 nitrogen and oxygen atoms in total. The van der Waals surface area contributed by atoms with Crippen LogP contribution in [-0.4, -0.2) is 22.0 Å². The molecule has 0 aliphatic rings. The molecule has 0 saturated carbocycles. The van der Waals surface area contributed by atoms with E-state index < -0.39 is 0 Å². The third kappa shape index (κ3) is 3.07. The van der Waals surface area contributed by atoms with Gasteiger partial charge in [-0.15, -0.1) is 11.6 Å². The second kappa shape index (κ2) is 6.06. The number of para-hydroxylation sites is 2. The van der Waals surface area contributed by atoms with Crippen molar-refractivity contribution in [2.75, 3.05) is 6.54 Å². The van der Waals surface area contributed by atoms with Crippen molar-refractivity contribution in [1.82, 2.24) is 14.9 Å². The zero-order valence-electron chi connectivity index (χ0n) is 11.2. The molecule has 1 aromatic carbocycles. The van der Waals surface area contributed by atoms with Crippen molar-refractivity contribution in [2.24, 2.45) is 0 Å². The summed E-state index contributed by atoms with van der Waals surface area (Å²) < 4.78 is 2.03. The number of hydrogen-bond acceptors (Lipinski definition) is 2. The smallest absolute Gasteiger partial charge is 0.221 e. The number of nitrogens with zero attached hydrogens (tertiary/aromatic N) is 2. The fraction of sp³-hybridized carbons (Fsp3) is 0.429. The molecule has 1 atom stereocenters. The van der Waals surface area contributed by atoms with E-state index in [1.54, 1.807) is 0 Å². The lowest BCUT2D eigenvalue weighted by molar-refractivity contribution is -0.121. The number of amides is 1. The SMILES string of the molecule is CCNC(=O)CCn1c(C(C)Cl)nc2ccccc21. The Kier molecular flexibility index (Phi) is 4.43. The Morgan fingerprint density at radius 3 is 2.89 bits per heavy atom. The molecule has 0 aliphatic heterocycles.